The van der Waals surface area contributed by atoms with Gasteiger partial charge in [-0.1, -0.05) is 60.4 Å². The van der Waals surface area contributed by atoms with Gasteiger partial charge in [-0.3, -0.25) is 10.1 Å². The van der Waals surface area contributed by atoms with E-state index in [9.17, 15) is 10.1 Å². The van der Waals surface area contributed by atoms with Gasteiger partial charge >= 0.3 is 0 Å². The number of aromatic nitrogens is 3. The number of carbonyl (C=O) groups is 1. The number of pyridine rings is 1. The molecule has 6 nitrogen and oxygen atoms in total. The minimum atomic E-state index is -0.359. The number of fused-ring (bicyclic) bond motifs is 1. The third-order valence-electron chi connectivity index (χ3n) is 5.42. The molecule has 2 atom stereocenters. The molecule has 0 spiro atoms. The number of aryl methyl sites for hydroxylation is 2. The molecular formula is C23H23N5OS2. The molecule has 4 rings (SSSR count). The Morgan fingerprint density at radius 2 is 2.16 bits per heavy atom. The van der Waals surface area contributed by atoms with Crippen molar-refractivity contribution < 1.29 is 4.79 Å². The van der Waals surface area contributed by atoms with Crippen molar-refractivity contribution >= 4 is 34.1 Å². The minimum absolute atomic E-state index is 0.142. The van der Waals surface area contributed by atoms with Gasteiger partial charge in [0.1, 0.15) is 16.1 Å². The summed E-state index contributed by atoms with van der Waals surface area (Å²) in [5, 5.41) is 22.0. The lowest BCUT2D eigenvalue weighted by Crippen LogP contribution is -2.25. The molecule has 8 heteroatoms. The van der Waals surface area contributed by atoms with Gasteiger partial charge in [0.2, 0.25) is 11.0 Å². The average molecular weight is 450 g/mol. The predicted molar refractivity (Wildman–Crippen MR) is 123 cm³/mol. The molecule has 1 aliphatic rings. The van der Waals surface area contributed by atoms with Gasteiger partial charge in [-0.25, -0.2) is 4.98 Å². The van der Waals surface area contributed by atoms with Gasteiger partial charge in [0.05, 0.1) is 10.8 Å². The Kier molecular flexibility index (Phi) is 6.64. The Hall–Kier alpha value is -2.76. The van der Waals surface area contributed by atoms with Crippen molar-refractivity contribution in [2.75, 3.05) is 5.32 Å². The van der Waals surface area contributed by atoms with Gasteiger partial charge in [0.25, 0.3) is 0 Å². The fourth-order valence-corrected chi connectivity index (χ4v) is 5.41. The number of nitrogens with zero attached hydrogens (tertiary/aromatic N) is 4. The van der Waals surface area contributed by atoms with E-state index in [-0.39, 0.29) is 11.2 Å². The lowest BCUT2D eigenvalue weighted by Gasteiger charge is -2.25. The maximum absolute atomic E-state index is 12.7. The number of thioether (sulfide) groups is 1. The van der Waals surface area contributed by atoms with Crippen molar-refractivity contribution in [3.63, 3.8) is 0 Å². The molecule has 2 aromatic heterocycles. The summed E-state index contributed by atoms with van der Waals surface area (Å²) < 4.78 is 0. The van der Waals surface area contributed by atoms with Crippen LogP contribution in [0.2, 0.25) is 0 Å². The molecule has 0 fully saturated rings. The van der Waals surface area contributed by atoms with Crippen LogP contribution >= 0.6 is 23.1 Å². The molecule has 1 aliphatic carbocycles. The van der Waals surface area contributed by atoms with E-state index in [2.05, 4.69) is 45.8 Å². The normalized spacial score (nSPS) is 16.2. The Bertz CT molecular complexity index is 1120. The number of hydrogen-bond donors (Lipinski definition) is 1. The minimum Gasteiger partial charge on any atom is -0.300 e. The Morgan fingerprint density at radius 1 is 1.35 bits per heavy atom. The van der Waals surface area contributed by atoms with Crippen molar-refractivity contribution in [1.29, 1.82) is 5.26 Å². The van der Waals surface area contributed by atoms with E-state index >= 15 is 0 Å². The molecule has 3 aromatic rings. The van der Waals surface area contributed by atoms with Crippen LogP contribution in [0.25, 0.3) is 0 Å². The number of carbonyl (C=O) groups excluding carboxylic acids is 1. The van der Waals surface area contributed by atoms with E-state index in [1.807, 2.05) is 26.0 Å². The van der Waals surface area contributed by atoms with Crippen molar-refractivity contribution in [2.45, 2.75) is 55.7 Å². The SMILES string of the molecule is CCC(Sc1nc2c(cc1C#N)CC(c1ccccc1)CC2)C(=O)Nc1nnc(C)s1. The predicted octanol–water partition coefficient (Wildman–Crippen LogP) is 4.90. The molecular weight excluding hydrogens is 426 g/mol. The van der Waals surface area contributed by atoms with Gasteiger partial charge in [-0.05, 0) is 55.7 Å². The van der Waals surface area contributed by atoms with Crippen LogP contribution in [0.3, 0.4) is 0 Å². The van der Waals surface area contributed by atoms with E-state index < -0.39 is 0 Å². The summed E-state index contributed by atoms with van der Waals surface area (Å²) in [6.07, 6.45) is 3.42. The van der Waals surface area contributed by atoms with E-state index in [1.165, 1.54) is 28.7 Å². The number of rotatable bonds is 6. The van der Waals surface area contributed by atoms with Crippen molar-refractivity contribution in [3.05, 3.63) is 63.8 Å². The quantitative estimate of drug-likeness (QED) is 0.539. The first kappa shape index (κ1) is 21.5. The van der Waals surface area contributed by atoms with E-state index in [0.717, 1.165) is 35.5 Å². The first-order chi connectivity index (χ1) is 15.1. The highest BCUT2D eigenvalue weighted by molar-refractivity contribution is 8.00. The van der Waals surface area contributed by atoms with Crippen LogP contribution < -0.4 is 5.32 Å². The standard InChI is InChI=1S/C23H23N5OS2/c1-3-20(21(29)26-23-28-27-14(2)30-23)31-22-18(13-24)12-17-11-16(9-10-19(17)25-22)15-7-5-4-6-8-15/h4-8,12,16,20H,3,9-11H2,1-2H3,(H,26,28,29). The highest BCUT2D eigenvalue weighted by Crippen LogP contribution is 2.35. The van der Waals surface area contributed by atoms with Crippen molar-refractivity contribution in [1.82, 2.24) is 15.2 Å². The third kappa shape index (κ3) is 4.94. The zero-order chi connectivity index (χ0) is 21.8. The molecule has 1 N–H and O–H groups in total. The molecule has 0 bridgehead atoms. The Morgan fingerprint density at radius 3 is 2.84 bits per heavy atom. The van der Waals surface area contributed by atoms with Gasteiger partial charge < -0.3 is 0 Å². The number of hydrogen-bond acceptors (Lipinski definition) is 7. The van der Waals surface area contributed by atoms with Crippen LogP contribution in [-0.4, -0.2) is 26.3 Å². The van der Waals surface area contributed by atoms with Crippen molar-refractivity contribution in [2.24, 2.45) is 0 Å². The second-order valence-corrected chi connectivity index (χ2v) is 9.91. The van der Waals surface area contributed by atoms with E-state index in [0.29, 0.717) is 28.1 Å². The monoisotopic (exact) mass is 449 g/mol. The first-order valence-electron chi connectivity index (χ1n) is 10.3. The third-order valence-corrected chi connectivity index (χ3v) is 7.54. The maximum atomic E-state index is 12.7. The zero-order valence-electron chi connectivity index (χ0n) is 17.5. The summed E-state index contributed by atoms with van der Waals surface area (Å²) >= 11 is 2.70. The van der Waals surface area contributed by atoms with Crippen LogP contribution in [0.1, 0.15) is 53.1 Å². The number of nitrogens with one attached hydrogen (secondary N) is 1. The van der Waals surface area contributed by atoms with Crippen molar-refractivity contribution in [3.8, 4) is 6.07 Å². The van der Waals surface area contributed by atoms with Crippen LogP contribution in [0, 0.1) is 18.3 Å². The zero-order valence-corrected chi connectivity index (χ0v) is 19.1. The number of amides is 1. The van der Waals surface area contributed by atoms with Crippen LogP contribution in [-0.2, 0) is 17.6 Å². The van der Waals surface area contributed by atoms with E-state index in [1.54, 1.807) is 0 Å². The molecule has 1 aromatic carbocycles. The van der Waals surface area contributed by atoms with Gasteiger partial charge in [-0.15, -0.1) is 10.2 Å². The molecule has 0 aliphatic heterocycles. The highest BCUT2D eigenvalue weighted by atomic mass is 32.2. The Balaban J connectivity index is 1.52. The second-order valence-electron chi connectivity index (χ2n) is 7.54. The van der Waals surface area contributed by atoms with Gasteiger partial charge in [-0.2, -0.15) is 5.26 Å². The summed E-state index contributed by atoms with van der Waals surface area (Å²) in [5.74, 6) is 0.307. The molecule has 158 valence electrons. The number of nitriles is 1. The molecule has 2 heterocycles. The van der Waals surface area contributed by atoms with Crippen LogP contribution in [0.15, 0.2) is 41.4 Å². The summed E-state index contributed by atoms with van der Waals surface area (Å²) in [6.45, 7) is 3.80. The highest BCUT2D eigenvalue weighted by Gasteiger charge is 2.26. The molecule has 2 unspecified atom stereocenters. The Labute approximate surface area is 190 Å². The summed E-state index contributed by atoms with van der Waals surface area (Å²) in [4.78, 5) is 17.6. The smallest absolute Gasteiger partial charge is 0.239 e. The lowest BCUT2D eigenvalue weighted by molar-refractivity contribution is -0.115. The molecule has 1 amide bonds. The van der Waals surface area contributed by atoms with Gasteiger partial charge in [0, 0.05) is 5.69 Å². The molecule has 0 radical (unpaired) electrons. The topological polar surface area (TPSA) is 91.6 Å². The molecule has 0 saturated carbocycles. The average Bonchev–Trinajstić information content (AvgIpc) is 3.21. The maximum Gasteiger partial charge on any atom is 0.239 e. The van der Waals surface area contributed by atoms with Gasteiger partial charge in [0.15, 0.2) is 0 Å². The van der Waals surface area contributed by atoms with Crippen LogP contribution in [0.4, 0.5) is 5.13 Å². The fourth-order valence-electron chi connectivity index (χ4n) is 3.82. The lowest BCUT2D eigenvalue weighted by atomic mass is 9.82. The number of anilines is 1. The molecule has 31 heavy (non-hydrogen) atoms. The summed E-state index contributed by atoms with van der Waals surface area (Å²) in [6, 6.07) is 14.8. The second kappa shape index (κ2) is 9.58. The summed E-state index contributed by atoms with van der Waals surface area (Å²) in [5.41, 5.74) is 4.06. The number of benzene rings is 1. The van der Waals surface area contributed by atoms with E-state index in [4.69, 9.17) is 4.98 Å². The summed E-state index contributed by atoms with van der Waals surface area (Å²) in [7, 11) is 0. The fraction of sp³-hybridized carbons (Fsp3) is 0.348. The first-order valence-corrected chi connectivity index (χ1v) is 12.0. The van der Waals surface area contributed by atoms with Crippen LogP contribution in [0.5, 0.6) is 0 Å². The largest absolute Gasteiger partial charge is 0.300 e. The molecule has 0 saturated heterocycles.